The molecule has 0 spiro atoms. The van der Waals surface area contributed by atoms with Crippen LogP contribution in [0.5, 0.6) is 34.5 Å². The quantitative estimate of drug-likeness (QED) is 0.0132. The van der Waals surface area contributed by atoms with Crippen LogP contribution < -0.4 is 44.1 Å². The molecule has 3 aliphatic carbocycles. The van der Waals surface area contributed by atoms with Crippen LogP contribution in [0.4, 0.5) is 11.4 Å². The first-order chi connectivity index (χ1) is 66.5. The topological polar surface area (TPSA) is 206 Å². The number of phenols is 1. The summed E-state index contributed by atoms with van der Waals surface area (Å²) in [6.45, 7) is 55.3. The van der Waals surface area contributed by atoms with Gasteiger partial charge in [0.1, 0.15) is 73.6 Å². The van der Waals surface area contributed by atoms with Crippen LogP contribution in [-0.2, 0) is 51.4 Å². The number of ether oxygens (including phenoxy) is 5. The van der Waals surface area contributed by atoms with E-state index in [9.17, 15) is 29.4 Å². The molecule has 0 saturated heterocycles. The number of aliphatic hydroxyl groups excluding tert-OH is 1. The second-order valence-electron chi connectivity index (χ2n) is 50.6. The van der Waals surface area contributed by atoms with Gasteiger partial charge in [-0.3, -0.25) is 0 Å². The molecular weight excluding hydrogens is 1880 g/mol. The monoisotopic (exact) mass is 2060 g/mol. The van der Waals surface area contributed by atoms with Gasteiger partial charge in [-0.25, -0.2) is 19.2 Å². The number of anilines is 2. The number of phenolic OH excluding ortho intramolecular Hbond substituents is 1. The number of alkyl halides is 3. The number of aryl methyl sites for hydroxylation is 4. The molecule has 143 heavy (non-hydrogen) atoms. The van der Waals surface area contributed by atoms with E-state index in [1.165, 1.54) is 70.4 Å². The molecule has 5 aromatic carbocycles. The average molecular weight is 2060 g/mol. The number of fused-ring (bicyclic) bond motifs is 13. The fourth-order valence-corrected chi connectivity index (χ4v) is 28.0. The fourth-order valence-electron chi connectivity index (χ4n) is 25.3. The first-order valence-electron chi connectivity index (χ1n) is 54.6. The zero-order chi connectivity index (χ0) is 102. The van der Waals surface area contributed by atoms with Gasteiger partial charge in [0.2, 0.25) is 16.6 Å². The number of hydrogen-bond donors (Lipinski definition) is 2. The number of unbranched alkanes of at least 4 members (excludes halogenated alkanes) is 9. The molecule has 22 heteroatoms. The lowest BCUT2D eigenvalue weighted by Crippen LogP contribution is -2.48. The van der Waals surface area contributed by atoms with E-state index in [1.54, 1.807) is 12.1 Å². The maximum Gasteiger partial charge on any atom is 0.351 e. The van der Waals surface area contributed by atoms with Crippen molar-refractivity contribution in [3.63, 3.8) is 0 Å². The Balaban J connectivity index is 0.000000183. The third-order valence-electron chi connectivity index (χ3n) is 35.9. The normalized spacial score (nSPS) is 22.3. The van der Waals surface area contributed by atoms with Gasteiger partial charge in [0.25, 0.3) is 0 Å². The van der Waals surface area contributed by atoms with Gasteiger partial charge in [-0.15, -0.1) is 34.8 Å². The number of carbonyl (C=O) groups is 2. The van der Waals surface area contributed by atoms with Crippen molar-refractivity contribution in [2.24, 2.45) is 35.5 Å². The highest BCUT2D eigenvalue weighted by atomic mass is 35.5. The van der Waals surface area contributed by atoms with Crippen molar-refractivity contribution >= 4 is 96.7 Å². The van der Waals surface area contributed by atoms with E-state index >= 15 is 0 Å². The number of nitrogens with zero attached hydrogens (tertiary/aromatic N) is 2. The number of halogens is 3. The molecule has 9 atom stereocenters. The van der Waals surface area contributed by atoms with Crippen molar-refractivity contribution in [3.8, 4) is 34.5 Å². The molecule has 7 aromatic rings. The van der Waals surface area contributed by atoms with Crippen LogP contribution in [0, 0.1) is 35.5 Å². The lowest BCUT2D eigenvalue weighted by atomic mass is 9.63. The Hall–Kier alpha value is -6.88. The smallest absolute Gasteiger partial charge is 0.351 e. The minimum Gasteiger partial charge on any atom is -0.543 e. The van der Waals surface area contributed by atoms with Gasteiger partial charge in [0.15, 0.2) is 0 Å². The minimum atomic E-state index is -2.22. The van der Waals surface area contributed by atoms with Gasteiger partial charge in [-0.05, 0) is 366 Å². The molecule has 7 aliphatic heterocycles. The Labute approximate surface area is 875 Å². The van der Waals surface area contributed by atoms with E-state index in [2.05, 4.69) is 203 Å². The number of rotatable bonds is 32. The van der Waals surface area contributed by atoms with Crippen molar-refractivity contribution in [3.05, 3.63) is 148 Å². The van der Waals surface area contributed by atoms with Crippen LogP contribution in [-0.4, -0.2) is 119 Å². The van der Waals surface area contributed by atoms with Crippen LogP contribution in [0.15, 0.2) is 79.1 Å². The average Bonchev–Trinajstić information content (AvgIpc) is 0.726. The molecule has 9 heterocycles. The highest BCUT2D eigenvalue weighted by molar-refractivity contribution is 6.75. The fraction of sp³-hybridized carbons (Fsp3) is 0.686. The summed E-state index contributed by atoms with van der Waals surface area (Å²) in [6.07, 6.45) is 33.5. The number of carbonyl (C=O) groups excluding carboxylic acids is 2. The highest BCUT2D eigenvalue weighted by Gasteiger charge is 2.54. The van der Waals surface area contributed by atoms with Crippen molar-refractivity contribution in [2.45, 2.75) is 432 Å². The third-order valence-corrected chi connectivity index (χ3v) is 45.4. The molecular formula is C121H179Cl3N2O15Si2. The molecule has 3 saturated carbocycles. The summed E-state index contributed by atoms with van der Waals surface area (Å²) in [6, 6.07) is 21.0. The zero-order valence-corrected chi connectivity index (χ0v) is 94.2. The van der Waals surface area contributed by atoms with Gasteiger partial charge >= 0.3 is 23.2 Å². The number of aliphatic hydroxyl groups is 1. The molecule has 10 aliphatic rings. The van der Waals surface area contributed by atoms with E-state index in [0.29, 0.717) is 46.5 Å². The van der Waals surface area contributed by atoms with E-state index in [-0.39, 0.29) is 113 Å². The van der Waals surface area contributed by atoms with Crippen LogP contribution in [0.3, 0.4) is 0 Å². The predicted molar refractivity (Wildman–Crippen MR) is 596 cm³/mol. The minimum absolute atomic E-state index is 0. The van der Waals surface area contributed by atoms with Gasteiger partial charge in [-0.2, -0.15) is 0 Å². The Bertz CT molecular complexity index is 5750. The number of aromatic hydroxyl groups is 1. The molecule has 0 unspecified atom stereocenters. The molecule has 0 amide bonds. The Kier molecular flexibility index (Phi) is 36.0. The summed E-state index contributed by atoms with van der Waals surface area (Å²) in [5.41, 5.74) is 13.1. The molecule has 2 N–H and O–H groups in total. The summed E-state index contributed by atoms with van der Waals surface area (Å²) in [5, 5.41) is 23.3. The second kappa shape index (κ2) is 45.5. The van der Waals surface area contributed by atoms with Crippen LogP contribution in [0.2, 0.25) is 36.3 Å². The molecule has 2 aromatic heterocycles. The number of esters is 2. The first kappa shape index (κ1) is 113. The molecule has 0 radical (unpaired) electrons. The van der Waals surface area contributed by atoms with Crippen molar-refractivity contribution in [1.82, 2.24) is 0 Å². The predicted octanol–water partition coefficient (Wildman–Crippen LogP) is 31.5. The van der Waals surface area contributed by atoms with E-state index in [0.717, 1.165) is 279 Å². The molecule has 0 bridgehead atoms. The highest BCUT2D eigenvalue weighted by Crippen LogP contribution is 2.62. The van der Waals surface area contributed by atoms with Crippen molar-refractivity contribution in [1.29, 1.82) is 0 Å². The second-order valence-corrected chi connectivity index (χ2v) is 61.2. The van der Waals surface area contributed by atoms with Crippen LogP contribution >= 0.6 is 34.8 Å². The summed E-state index contributed by atoms with van der Waals surface area (Å²) < 4.78 is 58.6. The van der Waals surface area contributed by atoms with Crippen molar-refractivity contribution in [2.75, 3.05) is 73.4 Å². The molecule has 17 rings (SSSR count). The van der Waals surface area contributed by atoms with E-state index in [1.807, 2.05) is 6.07 Å². The van der Waals surface area contributed by atoms with E-state index < -0.39 is 45.4 Å². The summed E-state index contributed by atoms with van der Waals surface area (Å²) >= 11 is 17.7. The lowest BCUT2D eigenvalue weighted by Gasteiger charge is -2.50. The van der Waals surface area contributed by atoms with Gasteiger partial charge in [0, 0.05) is 118 Å². The van der Waals surface area contributed by atoms with Crippen molar-refractivity contribution < 1.29 is 61.2 Å². The Morgan fingerprint density at radius 2 is 0.748 bits per heavy atom. The van der Waals surface area contributed by atoms with Gasteiger partial charge in [0.05, 0.1) is 13.2 Å². The van der Waals surface area contributed by atoms with Crippen LogP contribution in [0.25, 0.3) is 21.9 Å². The Morgan fingerprint density at radius 3 is 1.10 bits per heavy atom. The maximum absolute atomic E-state index is 13.7. The molecule has 3 fully saturated rings. The van der Waals surface area contributed by atoms with E-state index in [4.69, 9.17) is 76.2 Å². The zero-order valence-electron chi connectivity index (χ0n) is 89.9. The Morgan fingerprint density at radius 1 is 0.427 bits per heavy atom. The summed E-state index contributed by atoms with van der Waals surface area (Å²) in [5.74, 6) is 8.21. The van der Waals surface area contributed by atoms with Gasteiger partial charge < -0.3 is 61.4 Å². The third kappa shape index (κ3) is 24.7. The van der Waals surface area contributed by atoms with Gasteiger partial charge in [-0.1, -0.05) is 156 Å². The van der Waals surface area contributed by atoms with Crippen LogP contribution in [0.1, 0.15) is 413 Å². The number of benzene rings is 5. The summed E-state index contributed by atoms with van der Waals surface area (Å²) in [4.78, 5) is 58.5. The SMILES string of the molecule is C.C.CC(C)(CCCCCCCl)c1cc(O)c2c(c1)OC(C)(C)[C@@H]1CC[C@@H](COC(=O)c3cc4cc5c6c(c4oc3=O)CCCN6CCC5)C[C@@H]21.CC(C)(CCCCCCCl)c1cc2c(c(O[Si](C)(C)C(C)(C)C)c1)[C@@H]1C[C@H](CO)CC[C@H]1C(C)(C)O2.CC(C)(CCCCCCCl)c1cc2c(c(O[Si](C)(C)C(C)(C)C)c1)[C@@H]1C[C@H](COC(=O)c3cc4cc5c6c(c4oc3=O)CCCN6CCC5)CC[C@H]1C(C)(C)O2. The maximum atomic E-state index is 13.7. The lowest BCUT2D eigenvalue weighted by molar-refractivity contribution is -0.0242. The number of hydrogen-bond acceptors (Lipinski definition) is 17. The summed E-state index contributed by atoms with van der Waals surface area (Å²) in [7, 11) is -4.28. The largest absolute Gasteiger partial charge is 0.543 e. The first-order valence-corrected chi connectivity index (χ1v) is 62.0. The standard InChI is InChI=1S/C47H66ClNO6Si.C41H52ClNO6.C31H53ClO3Si.2CH4/c1-45(2,3)56(8,9)55-39-28-33(46(4,5)20-12-10-11-13-21-48)27-38-40(39)35-24-30(18-19-37(35)47(6,7)54-38)29-52-43(50)36-26-32-25-31-16-14-22-49-23-15-17-34(41(31)49)42(32)53-44(36)51;1-40(2,15-7-5-6-8-16-42)28-22-33(44)35-30-19-25(13-14-32(30)41(3,4)49-34(35)23-28)24-47-38(45)31-21-27-20-26-11-9-17-43-18-10-12-29(36(26)43)37(27)48-39(31)46;1-29(2,3)36(8,9)35-27-20-23(30(4,5)16-12-10-11-13-17-32)19-26-28(27)24-18-22(21-33)14-15-25(24)31(6,7)34-26;;/h25-28,30,35,37H,10-24,29H2,1-9H3;20-23,25,30,32,44H,5-19,24H2,1-4H3;19-20,22,24-25,33H,10-18,21H2,1-9H3;2*1H4/t30-,35-,37-;25-,30-,32-;22-,24-,25-;;/m111../s1. The molecule has 792 valence electrons. The molecule has 17 nitrogen and oxygen atoms in total.